The molecule has 0 saturated carbocycles. The second kappa shape index (κ2) is 7.49. The van der Waals surface area contributed by atoms with Crippen LogP contribution in [0.4, 0.5) is 4.39 Å². The van der Waals surface area contributed by atoms with Crippen LogP contribution in [0.5, 0.6) is 5.75 Å². The summed E-state index contributed by atoms with van der Waals surface area (Å²) in [6.45, 7) is 0. The largest absolute Gasteiger partial charge is 0.497 e. The van der Waals surface area contributed by atoms with E-state index in [0.29, 0.717) is 28.2 Å². The van der Waals surface area contributed by atoms with E-state index in [0.717, 1.165) is 33.4 Å². The summed E-state index contributed by atoms with van der Waals surface area (Å²) in [4.78, 5) is 20.7. The molecule has 6 aromatic rings. The molecule has 8 nitrogen and oxygen atoms in total. The molecular formula is C24H16FN7O. The van der Waals surface area contributed by atoms with Crippen molar-refractivity contribution in [3.8, 4) is 39.5 Å². The molecule has 0 atom stereocenters. The predicted octanol–water partition coefficient (Wildman–Crippen LogP) is 4.77. The number of rotatable bonds is 4. The van der Waals surface area contributed by atoms with Crippen LogP contribution in [0.3, 0.4) is 0 Å². The second-order valence-electron chi connectivity index (χ2n) is 7.48. The van der Waals surface area contributed by atoms with Gasteiger partial charge in [-0.25, -0.2) is 24.3 Å². The first kappa shape index (κ1) is 19.1. The number of hydrogen-bond donors (Lipinski definition) is 2. The van der Waals surface area contributed by atoms with E-state index in [4.69, 9.17) is 9.72 Å². The van der Waals surface area contributed by atoms with Gasteiger partial charge in [-0.3, -0.25) is 5.10 Å². The van der Waals surface area contributed by atoms with Crippen LogP contribution in [0.15, 0.2) is 67.4 Å². The van der Waals surface area contributed by atoms with Crippen LogP contribution in [0.25, 0.3) is 55.8 Å². The van der Waals surface area contributed by atoms with E-state index in [1.807, 2.05) is 24.3 Å². The Bertz CT molecular complexity index is 1620. The van der Waals surface area contributed by atoms with E-state index in [-0.39, 0.29) is 5.82 Å². The fourth-order valence-electron chi connectivity index (χ4n) is 3.92. The molecule has 0 aliphatic rings. The first-order valence-electron chi connectivity index (χ1n) is 10.1. The molecule has 0 aliphatic heterocycles. The van der Waals surface area contributed by atoms with Crippen molar-refractivity contribution in [3.05, 3.63) is 73.2 Å². The summed E-state index contributed by atoms with van der Waals surface area (Å²) in [5.41, 5.74) is 6.65. The fourth-order valence-corrected chi connectivity index (χ4v) is 3.92. The lowest BCUT2D eigenvalue weighted by molar-refractivity contribution is 0.411. The monoisotopic (exact) mass is 437 g/mol. The number of aromatic amines is 2. The fraction of sp³-hybridized carbons (Fsp3) is 0.0417. The number of H-pyrrole nitrogens is 2. The van der Waals surface area contributed by atoms with Crippen LogP contribution >= 0.6 is 0 Å². The minimum Gasteiger partial charge on any atom is -0.497 e. The highest BCUT2D eigenvalue weighted by Gasteiger charge is 2.16. The van der Waals surface area contributed by atoms with E-state index >= 15 is 0 Å². The maximum Gasteiger partial charge on any atom is 0.138 e. The number of ether oxygens (including phenoxy) is 1. The van der Waals surface area contributed by atoms with Crippen molar-refractivity contribution >= 4 is 22.1 Å². The van der Waals surface area contributed by atoms with Crippen LogP contribution < -0.4 is 4.74 Å². The number of benzene rings is 1. The van der Waals surface area contributed by atoms with E-state index in [9.17, 15) is 4.39 Å². The molecule has 0 spiro atoms. The summed E-state index contributed by atoms with van der Waals surface area (Å²) < 4.78 is 19.4. The lowest BCUT2D eigenvalue weighted by Crippen LogP contribution is -1.88. The number of nitrogens with one attached hydrogen (secondary N) is 2. The number of halogens is 1. The topological polar surface area (TPSA) is 105 Å². The van der Waals surface area contributed by atoms with Gasteiger partial charge in [0.1, 0.15) is 34.8 Å². The molecule has 33 heavy (non-hydrogen) atoms. The maximum absolute atomic E-state index is 14.1. The van der Waals surface area contributed by atoms with Crippen LogP contribution in [0, 0.1) is 5.82 Å². The summed E-state index contributed by atoms with van der Waals surface area (Å²) in [5.74, 6) is 0.0793. The lowest BCUT2D eigenvalue weighted by Gasteiger charge is -2.06. The van der Waals surface area contributed by atoms with E-state index in [1.54, 1.807) is 24.7 Å². The molecule has 0 bridgehead atoms. The number of hydrogen-bond acceptors (Lipinski definition) is 6. The highest BCUT2D eigenvalue weighted by atomic mass is 19.1. The molecule has 0 saturated heterocycles. The third-order valence-electron chi connectivity index (χ3n) is 5.47. The minimum atomic E-state index is -0.370. The Hall–Kier alpha value is -4.66. The molecular weight excluding hydrogens is 421 g/mol. The average Bonchev–Trinajstić information content (AvgIpc) is 3.47. The molecule has 1 aromatic carbocycles. The zero-order valence-electron chi connectivity index (χ0n) is 17.4. The van der Waals surface area contributed by atoms with Crippen molar-refractivity contribution in [3.63, 3.8) is 0 Å². The molecule has 5 aromatic heterocycles. The Balaban J connectivity index is 1.50. The van der Waals surface area contributed by atoms with Crippen LogP contribution in [-0.2, 0) is 0 Å². The number of aromatic nitrogens is 7. The molecule has 6 rings (SSSR count). The van der Waals surface area contributed by atoms with Gasteiger partial charge in [0, 0.05) is 35.6 Å². The molecule has 0 aliphatic carbocycles. The summed E-state index contributed by atoms with van der Waals surface area (Å²) in [6, 6.07) is 12.2. The number of methoxy groups -OCH3 is 1. The standard InChI is InChI=1S/C24H16FN7O/c1-33-16-7-13(6-15(25)8-16)17-4-5-28-24-18(17)9-21(30-24)23-22-20(31-32-23)3-2-19(29-22)14-10-26-12-27-11-14/h2-12H,1H3,(H,28,30)(H,31,32). The summed E-state index contributed by atoms with van der Waals surface area (Å²) >= 11 is 0. The number of pyridine rings is 2. The molecule has 9 heteroatoms. The number of fused-ring (bicyclic) bond motifs is 2. The maximum atomic E-state index is 14.1. The van der Waals surface area contributed by atoms with Gasteiger partial charge in [-0.1, -0.05) is 0 Å². The van der Waals surface area contributed by atoms with Gasteiger partial charge >= 0.3 is 0 Å². The lowest BCUT2D eigenvalue weighted by atomic mass is 10.0. The van der Waals surface area contributed by atoms with Gasteiger partial charge in [0.05, 0.1) is 24.0 Å². The quantitative estimate of drug-likeness (QED) is 0.411. The van der Waals surface area contributed by atoms with E-state index in [2.05, 4.69) is 30.1 Å². The summed E-state index contributed by atoms with van der Waals surface area (Å²) in [5, 5.41) is 8.35. The molecule has 0 unspecified atom stereocenters. The molecule has 160 valence electrons. The first-order chi connectivity index (χ1) is 16.2. The third kappa shape index (κ3) is 3.26. The average molecular weight is 437 g/mol. The molecule has 2 N–H and O–H groups in total. The van der Waals surface area contributed by atoms with E-state index < -0.39 is 0 Å². The molecule has 0 fully saturated rings. The van der Waals surface area contributed by atoms with Crippen molar-refractivity contribution in [2.45, 2.75) is 0 Å². The van der Waals surface area contributed by atoms with Gasteiger partial charge in [0.15, 0.2) is 0 Å². The molecule has 0 radical (unpaired) electrons. The van der Waals surface area contributed by atoms with Gasteiger partial charge in [-0.2, -0.15) is 5.10 Å². The normalized spacial score (nSPS) is 11.3. The van der Waals surface area contributed by atoms with Gasteiger partial charge < -0.3 is 9.72 Å². The van der Waals surface area contributed by atoms with Gasteiger partial charge in [-0.05, 0) is 47.5 Å². The number of nitrogens with zero attached hydrogens (tertiary/aromatic N) is 5. The smallest absolute Gasteiger partial charge is 0.138 e. The first-order valence-corrected chi connectivity index (χ1v) is 10.1. The third-order valence-corrected chi connectivity index (χ3v) is 5.47. The van der Waals surface area contributed by atoms with E-state index in [1.165, 1.54) is 25.6 Å². The van der Waals surface area contributed by atoms with Crippen molar-refractivity contribution in [2.75, 3.05) is 7.11 Å². The Morgan fingerprint density at radius 2 is 1.85 bits per heavy atom. The molecule has 5 heterocycles. The van der Waals surface area contributed by atoms with Crippen LogP contribution in [0.2, 0.25) is 0 Å². The van der Waals surface area contributed by atoms with Crippen molar-refractivity contribution < 1.29 is 9.13 Å². The highest BCUT2D eigenvalue weighted by Crippen LogP contribution is 2.34. The predicted molar refractivity (Wildman–Crippen MR) is 122 cm³/mol. The Kier molecular flexibility index (Phi) is 4.32. The zero-order valence-corrected chi connectivity index (χ0v) is 17.4. The van der Waals surface area contributed by atoms with Crippen molar-refractivity contribution in [2.24, 2.45) is 0 Å². The van der Waals surface area contributed by atoms with Crippen LogP contribution in [-0.4, -0.2) is 42.2 Å². The summed E-state index contributed by atoms with van der Waals surface area (Å²) in [7, 11) is 1.51. The SMILES string of the molecule is COc1cc(F)cc(-c2ccnc3[nH]c(-c4n[nH]c5ccc(-c6cncnc6)nc45)cc23)c1. The Morgan fingerprint density at radius 3 is 2.70 bits per heavy atom. The van der Waals surface area contributed by atoms with Gasteiger partial charge in [0.2, 0.25) is 0 Å². The summed E-state index contributed by atoms with van der Waals surface area (Å²) in [6.07, 6.45) is 6.60. The Morgan fingerprint density at radius 1 is 0.970 bits per heavy atom. The van der Waals surface area contributed by atoms with Crippen molar-refractivity contribution in [1.29, 1.82) is 0 Å². The Labute approximate surface area is 186 Å². The minimum absolute atomic E-state index is 0.370. The highest BCUT2D eigenvalue weighted by molar-refractivity contribution is 5.99. The van der Waals surface area contributed by atoms with Crippen molar-refractivity contribution in [1.82, 2.24) is 35.1 Å². The van der Waals surface area contributed by atoms with Gasteiger partial charge in [0.25, 0.3) is 0 Å². The second-order valence-corrected chi connectivity index (χ2v) is 7.48. The van der Waals surface area contributed by atoms with Gasteiger partial charge in [-0.15, -0.1) is 0 Å². The molecule has 0 amide bonds. The van der Waals surface area contributed by atoms with Crippen LogP contribution in [0.1, 0.15) is 0 Å². The zero-order chi connectivity index (χ0) is 22.4.